The highest BCUT2D eigenvalue weighted by molar-refractivity contribution is 5.02. The maximum Gasteiger partial charge on any atom is 0.137 e. The second kappa shape index (κ2) is 5.23. The zero-order valence-corrected chi connectivity index (χ0v) is 12.6. The summed E-state index contributed by atoms with van der Waals surface area (Å²) in [5.41, 5.74) is -0.929. The molecule has 4 heteroatoms. The highest BCUT2D eigenvalue weighted by atomic mass is 16.3. The SMILES string of the molecule is CC(n1cncn1)C(O)(C1CCCCC1)C(C)(C)C. The fraction of sp³-hybridized carbons (Fsp3) is 0.867. The molecule has 1 N–H and O–H groups in total. The van der Waals surface area contributed by atoms with Crippen LogP contribution in [0.5, 0.6) is 0 Å². The van der Waals surface area contributed by atoms with Gasteiger partial charge >= 0.3 is 0 Å². The van der Waals surface area contributed by atoms with Crippen molar-refractivity contribution in [2.45, 2.75) is 71.4 Å². The number of hydrogen-bond donors (Lipinski definition) is 1. The van der Waals surface area contributed by atoms with Gasteiger partial charge in [0.25, 0.3) is 0 Å². The molecule has 1 aliphatic rings. The molecule has 1 heterocycles. The maximum atomic E-state index is 11.5. The fourth-order valence-corrected chi connectivity index (χ4v) is 3.74. The zero-order chi connectivity index (χ0) is 14.1. The molecule has 0 aromatic carbocycles. The van der Waals surface area contributed by atoms with E-state index in [1.807, 2.05) is 0 Å². The molecule has 1 aromatic heterocycles. The normalized spacial score (nSPS) is 23.0. The van der Waals surface area contributed by atoms with Gasteiger partial charge in [0.1, 0.15) is 12.7 Å². The number of rotatable bonds is 3. The van der Waals surface area contributed by atoms with Gasteiger partial charge in [-0.1, -0.05) is 40.0 Å². The molecule has 2 atom stereocenters. The largest absolute Gasteiger partial charge is 0.387 e. The lowest BCUT2D eigenvalue weighted by Gasteiger charge is -2.50. The smallest absolute Gasteiger partial charge is 0.137 e. The van der Waals surface area contributed by atoms with Crippen molar-refractivity contribution in [3.8, 4) is 0 Å². The van der Waals surface area contributed by atoms with E-state index >= 15 is 0 Å². The van der Waals surface area contributed by atoms with Crippen LogP contribution in [0.4, 0.5) is 0 Å². The van der Waals surface area contributed by atoms with Crippen LogP contribution in [0.15, 0.2) is 12.7 Å². The average Bonchev–Trinajstić information content (AvgIpc) is 2.90. The van der Waals surface area contributed by atoms with Gasteiger partial charge in [-0.2, -0.15) is 5.10 Å². The molecule has 0 spiro atoms. The van der Waals surface area contributed by atoms with E-state index in [4.69, 9.17) is 0 Å². The molecule has 1 aromatic rings. The highest BCUT2D eigenvalue weighted by Crippen LogP contribution is 2.48. The van der Waals surface area contributed by atoms with E-state index in [1.54, 1.807) is 17.3 Å². The Balaban J connectivity index is 2.34. The van der Waals surface area contributed by atoms with E-state index in [2.05, 4.69) is 37.8 Å². The van der Waals surface area contributed by atoms with Gasteiger partial charge in [-0.15, -0.1) is 0 Å². The summed E-state index contributed by atoms with van der Waals surface area (Å²) in [5, 5.41) is 15.8. The monoisotopic (exact) mass is 265 g/mol. The Morgan fingerprint density at radius 1 is 1.21 bits per heavy atom. The molecular weight excluding hydrogens is 238 g/mol. The summed E-state index contributed by atoms with van der Waals surface area (Å²) in [7, 11) is 0. The van der Waals surface area contributed by atoms with Gasteiger partial charge in [0.05, 0.1) is 11.6 Å². The summed E-state index contributed by atoms with van der Waals surface area (Å²) in [5.74, 6) is 0.348. The van der Waals surface area contributed by atoms with Crippen molar-refractivity contribution < 1.29 is 5.11 Å². The number of hydrogen-bond acceptors (Lipinski definition) is 3. The van der Waals surface area contributed by atoms with Crippen LogP contribution < -0.4 is 0 Å². The Labute approximate surface area is 116 Å². The topological polar surface area (TPSA) is 50.9 Å². The molecule has 0 bridgehead atoms. The minimum absolute atomic E-state index is 0.0573. The second-order valence-corrected chi connectivity index (χ2v) is 6.96. The first kappa shape index (κ1) is 14.5. The predicted molar refractivity (Wildman–Crippen MR) is 75.7 cm³/mol. The van der Waals surface area contributed by atoms with E-state index in [0.717, 1.165) is 12.8 Å². The average molecular weight is 265 g/mol. The van der Waals surface area contributed by atoms with Crippen molar-refractivity contribution in [2.24, 2.45) is 11.3 Å². The standard InChI is InChI=1S/C15H27N3O/c1-12(18-11-16-10-17-18)15(19,14(2,3)4)13-8-6-5-7-9-13/h10-13,19H,5-9H2,1-4H3. The van der Waals surface area contributed by atoms with Crippen molar-refractivity contribution in [3.05, 3.63) is 12.7 Å². The molecule has 1 aliphatic carbocycles. The van der Waals surface area contributed by atoms with Crippen LogP contribution >= 0.6 is 0 Å². The quantitative estimate of drug-likeness (QED) is 0.913. The summed E-state index contributed by atoms with van der Waals surface area (Å²) in [6.45, 7) is 8.47. The van der Waals surface area contributed by atoms with Crippen LogP contribution in [0.1, 0.15) is 65.8 Å². The second-order valence-electron chi connectivity index (χ2n) is 6.96. The van der Waals surface area contributed by atoms with Crippen LogP contribution in [-0.4, -0.2) is 25.5 Å². The summed E-state index contributed by atoms with van der Waals surface area (Å²) in [6.07, 6.45) is 9.25. The van der Waals surface area contributed by atoms with Crippen LogP contribution in [0.2, 0.25) is 0 Å². The van der Waals surface area contributed by atoms with Crippen molar-refractivity contribution in [3.63, 3.8) is 0 Å². The van der Waals surface area contributed by atoms with Crippen molar-refractivity contribution in [2.75, 3.05) is 0 Å². The first-order chi connectivity index (χ1) is 8.87. The molecule has 2 unspecified atom stereocenters. The number of aliphatic hydroxyl groups is 1. The summed E-state index contributed by atoms with van der Waals surface area (Å²) in [4.78, 5) is 4.02. The van der Waals surface area contributed by atoms with Gasteiger partial charge in [-0.25, -0.2) is 9.67 Å². The molecule has 2 rings (SSSR count). The van der Waals surface area contributed by atoms with E-state index < -0.39 is 5.60 Å². The Morgan fingerprint density at radius 3 is 2.32 bits per heavy atom. The van der Waals surface area contributed by atoms with Gasteiger partial charge in [-0.3, -0.25) is 0 Å². The molecule has 0 amide bonds. The maximum absolute atomic E-state index is 11.5. The highest BCUT2D eigenvalue weighted by Gasteiger charge is 2.51. The molecular formula is C15H27N3O. The van der Waals surface area contributed by atoms with Crippen LogP contribution in [-0.2, 0) is 0 Å². The van der Waals surface area contributed by atoms with Crippen LogP contribution in [0.25, 0.3) is 0 Å². The lowest BCUT2D eigenvalue weighted by atomic mass is 9.61. The summed E-state index contributed by atoms with van der Waals surface area (Å²) in [6, 6.07) is -0.0573. The Hall–Kier alpha value is -0.900. The zero-order valence-electron chi connectivity index (χ0n) is 12.6. The number of aromatic nitrogens is 3. The third-order valence-electron chi connectivity index (χ3n) is 4.90. The lowest BCUT2D eigenvalue weighted by molar-refractivity contribution is -0.147. The van der Waals surface area contributed by atoms with Crippen molar-refractivity contribution >= 4 is 0 Å². The Bertz CT molecular complexity index is 390. The number of nitrogens with zero attached hydrogens (tertiary/aromatic N) is 3. The van der Waals surface area contributed by atoms with E-state index in [0.29, 0.717) is 5.92 Å². The van der Waals surface area contributed by atoms with Gasteiger partial charge in [0.2, 0.25) is 0 Å². The first-order valence-electron chi connectivity index (χ1n) is 7.44. The molecule has 108 valence electrons. The molecule has 19 heavy (non-hydrogen) atoms. The third kappa shape index (κ3) is 2.55. The van der Waals surface area contributed by atoms with E-state index in [9.17, 15) is 5.11 Å². The van der Waals surface area contributed by atoms with Gasteiger partial charge < -0.3 is 5.11 Å². The van der Waals surface area contributed by atoms with Gasteiger partial charge in [0, 0.05) is 0 Å². The molecule has 1 saturated carbocycles. The van der Waals surface area contributed by atoms with Crippen LogP contribution in [0, 0.1) is 11.3 Å². The van der Waals surface area contributed by atoms with Crippen LogP contribution in [0.3, 0.4) is 0 Å². The third-order valence-corrected chi connectivity index (χ3v) is 4.90. The molecule has 0 saturated heterocycles. The van der Waals surface area contributed by atoms with E-state index in [-0.39, 0.29) is 11.5 Å². The first-order valence-corrected chi connectivity index (χ1v) is 7.44. The molecule has 1 fully saturated rings. The summed E-state index contributed by atoms with van der Waals surface area (Å²) >= 11 is 0. The molecule has 4 nitrogen and oxygen atoms in total. The Morgan fingerprint density at radius 2 is 1.84 bits per heavy atom. The Kier molecular flexibility index (Phi) is 4.00. The molecule has 0 aliphatic heterocycles. The van der Waals surface area contributed by atoms with Crippen molar-refractivity contribution in [1.29, 1.82) is 0 Å². The minimum atomic E-state index is -0.749. The van der Waals surface area contributed by atoms with Gasteiger partial charge in [-0.05, 0) is 31.1 Å². The fourth-order valence-electron chi connectivity index (χ4n) is 3.74. The van der Waals surface area contributed by atoms with Gasteiger partial charge in [0.15, 0.2) is 0 Å². The summed E-state index contributed by atoms with van der Waals surface area (Å²) < 4.78 is 1.81. The minimum Gasteiger partial charge on any atom is -0.387 e. The predicted octanol–water partition coefficient (Wildman–Crippen LogP) is 3.20. The van der Waals surface area contributed by atoms with E-state index in [1.165, 1.54) is 19.3 Å². The molecule has 0 radical (unpaired) electrons. The van der Waals surface area contributed by atoms with Crippen molar-refractivity contribution in [1.82, 2.24) is 14.8 Å². The lowest BCUT2D eigenvalue weighted by Crippen LogP contribution is -2.55.